The number of nitrogens with zero attached hydrogens (tertiary/aromatic N) is 4. The van der Waals surface area contributed by atoms with Gasteiger partial charge in [0.2, 0.25) is 0 Å². The fourth-order valence-electron chi connectivity index (χ4n) is 9.33. The van der Waals surface area contributed by atoms with Gasteiger partial charge in [-0.15, -0.1) is 11.3 Å². The van der Waals surface area contributed by atoms with Gasteiger partial charge < -0.3 is 4.57 Å². The van der Waals surface area contributed by atoms with Crippen LogP contribution in [0.4, 0.5) is 0 Å². The summed E-state index contributed by atoms with van der Waals surface area (Å²) in [4.78, 5) is 15.9. The Kier molecular flexibility index (Phi) is 6.82. The van der Waals surface area contributed by atoms with Crippen molar-refractivity contribution in [3.05, 3.63) is 181 Å². The summed E-state index contributed by atoms with van der Waals surface area (Å²) >= 11 is 1.80. The summed E-state index contributed by atoms with van der Waals surface area (Å²) in [6.07, 6.45) is 0. The summed E-state index contributed by atoms with van der Waals surface area (Å²) in [5.41, 5.74) is 11.4. The molecule has 8 aromatic carbocycles. The van der Waals surface area contributed by atoms with E-state index in [0.29, 0.717) is 17.5 Å². The van der Waals surface area contributed by atoms with Crippen LogP contribution in [-0.2, 0) is 5.41 Å². The number of hydrogen-bond donors (Lipinski definition) is 0. The van der Waals surface area contributed by atoms with Crippen LogP contribution in [0, 0.1) is 0 Å². The van der Waals surface area contributed by atoms with E-state index < -0.39 is 0 Å². The van der Waals surface area contributed by atoms with Crippen LogP contribution in [0.5, 0.6) is 0 Å². The standard InChI is InChI=1S/C52H34N4S/c1-52(2)42-21-11-8-18-36(42)39-28-33(24-26-43(39)52)50-53-49(32-15-4-3-5-16-32)54-51(55-50)41-30-34(29-40-37-19-10-13-23-46(37)57-48(40)41)56-44-22-12-9-20-38(44)47-35-17-7-6-14-31(35)25-27-45(47)56/h3-30H,1-2H3. The van der Waals surface area contributed by atoms with E-state index in [-0.39, 0.29) is 5.41 Å². The van der Waals surface area contributed by atoms with Crippen molar-refractivity contribution in [3.8, 4) is 51.0 Å². The lowest BCUT2D eigenvalue weighted by Gasteiger charge is -2.21. The van der Waals surface area contributed by atoms with Crippen molar-refractivity contribution in [2.75, 3.05) is 0 Å². The Morgan fingerprint density at radius 2 is 1.14 bits per heavy atom. The van der Waals surface area contributed by atoms with Crippen LogP contribution in [0.15, 0.2) is 170 Å². The maximum atomic E-state index is 5.40. The number of aromatic nitrogens is 4. The second-order valence-corrected chi connectivity index (χ2v) is 16.7. The summed E-state index contributed by atoms with van der Waals surface area (Å²) in [5.74, 6) is 1.97. The Hall–Kier alpha value is -6.95. The smallest absolute Gasteiger partial charge is 0.165 e. The molecule has 1 aliphatic carbocycles. The van der Waals surface area contributed by atoms with E-state index in [0.717, 1.165) is 32.6 Å². The van der Waals surface area contributed by atoms with Gasteiger partial charge in [0.1, 0.15) is 0 Å². The molecule has 0 aliphatic heterocycles. The van der Waals surface area contributed by atoms with E-state index in [9.17, 15) is 0 Å². The van der Waals surface area contributed by atoms with Crippen LogP contribution < -0.4 is 0 Å². The maximum Gasteiger partial charge on any atom is 0.165 e. The fraction of sp³-hybridized carbons (Fsp3) is 0.0577. The first-order valence-electron chi connectivity index (χ1n) is 19.4. The summed E-state index contributed by atoms with van der Waals surface area (Å²) < 4.78 is 4.82. The van der Waals surface area contributed by atoms with Gasteiger partial charge in [0.15, 0.2) is 17.5 Å². The number of rotatable bonds is 4. The zero-order valence-corrected chi connectivity index (χ0v) is 32.2. The number of thiophene rings is 1. The molecule has 0 spiro atoms. The molecule has 5 heteroatoms. The molecule has 0 atom stereocenters. The SMILES string of the molecule is CC1(C)c2ccccc2-c2cc(-c3nc(-c4ccccc4)nc(-c4cc(-n5c6ccccc6c6c7ccccc7ccc65)cc5c4sc4ccccc45)n3)ccc21. The van der Waals surface area contributed by atoms with Crippen molar-refractivity contribution in [2.45, 2.75) is 19.3 Å². The second kappa shape index (κ2) is 12.0. The lowest BCUT2D eigenvalue weighted by Crippen LogP contribution is -2.14. The van der Waals surface area contributed by atoms with Crippen molar-refractivity contribution in [2.24, 2.45) is 0 Å². The Balaban J connectivity index is 1.15. The van der Waals surface area contributed by atoms with Gasteiger partial charge in [-0.25, -0.2) is 15.0 Å². The van der Waals surface area contributed by atoms with E-state index in [2.05, 4.69) is 170 Å². The fourth-order valence-corrected chi connectivity index (χ4v) is 10.5. The average Bonchev–Trinajstić information content (AvgIpc) is 3.89. The van der Waals surface area contributed by atoms with Gasteiger partial charge in [-0.1, -0.05) is 147 Å². The first-order valence-corrected chi connectivity index (χ1v) is 20.3. The summed E-state index contributed by atoms with van der Waals surface area (Å²) in [6, 6.07) is 61.1. The Bertz CT molecular complexity index is 3450. The van der Waals surface area contributed by atoms with Gasteiger partial charge in [-0.05, 0) is 69.4 Å². The highest BCUT2D eigenvalue weighted by molar-refractivity contribution is 7.26. The largest absolute Gasteiger partial charge is 0.309 e. The molecular weight excluding hydrogens is 713 g/mol. The third-order valence-corrected chi connectivity index (χ3v) is 13.3. The van der Waals surface area contributed by atoms with Crippen molar-refractivity contribution < 1.29 is 0 Å². The third kappa shape index (κ3) is 4.76. The van der Waals surface area contributed by atoms with Crippen LogP contribution in [0.2, 0.25) is 0 Å². The predicted molar refractivity (Wildman–Crippen MR) is 238 cm³/mol. The minimum absolute atomic E-state index is 0.0871. The highest BCUT2D eigenvalue weighted by atomic mass is 32.1. The quantitative estimate of drug-likeness (QED) is 0.180. The molecule has 0 fully saturated rings. The predicted octanol–water partition coefficient (Wildman–Crippen LogP) is 13.8. The van der Waals surface area contributed by atoms with Gasteiger partial charge in [0, 0.05) is 58.7 Å². The van der Waals surface area contributed by atoms with Gasteiger partial charge in [-0.3, -0.25) is 0 Å². The van der Waals surface area contributed by atoms with Crippen molar-refractivity contribution in [3.63, 3.8) is 0 Å². The highest BCUT2D eigenvalue weighted by Gasteiger charge is 2.35. The molecule has 12 rings (SSSR count). The van der Waals surface area contributed by atoms with Gasteiger partial charge in [-0.2, -0.15) is 0 Å². The normalized spacial score (nSPS) is 13.2. The Labute approximate surface area is 333 Å². The molecule has 3 aromatic heterocycles. The minimum Gasteiger partial charge on any atom is -0.309 e. The molecule has 0 radical (unpaired) electrons. The third-order valence-electron chi connectivity index (χ3n) is 12.0. The highest BCUT2D eigenvalue weighted by Crippen LogP contribution is 2.50. The molecule has 268 valence electrons. The first kappa shape index (κ1) is 32.3. The molecule has 0 saturated heterocycles. The van der Waals surface area contributed by atoms with E-state index in [4.69, 9.17) is 15.0 Å². The van der Waals surface area contributed by atoms with E-state index in [1.807, 2.05) is 18.2 Å². The van der Waals surface area contributed by atoms with Crippen LogP contribution in [0.25, 0.3) is 104 Å². The van der Waals surface area contributed by atoms with Gasteiger partial charge in [0.25, 0.3) is 0 Å². The molecule has 4 nitrogen and oxygen atoms in total. The zero-order valence-electron chi connectivity index (χ0n) is 31.4. The minimum atomic E-state index is -0.0871. The van der Waals surface area contributed by atoms with E-state index in [1.54, 1.807) is 11.3 Å². The monoisotopic (exact) mass is 746 g/mol. The Morgan fingerprint density at radius 1 is 0.456 bits per heavy atom. The molecule has 1 aliphatic rings. The molecule has 11 aromatic rings. The first-order chi connectivity index (χ1) is 28.0. The summed E-state index contributed by atoms with van der Waals surface area (Å²) in [5, 5.41) is 7.39. The molecule has 0 saturated carbocycles. The Morgan fingerprint density at radius 3 is 2.02 bits per heavy atom. The molecule has 3 heterocycles. The molecule has 0 amide bonds. The second-order valence-electron chi connectivity index (χ2n) is 15.6. The zero-order chi connectivity index (χ0) is 37.8. The van der Waals surface area contributed by atoms with Crippen LogP contribution in [0.3, 0.4) is 0 Å². The van der Waals surface area contributed by atoms with Crippen LogP contribution >= 0.6 is 11.3 Å². The number of para-hydroxylation sites is 1. The lowest BCUT2D eigenvalue weighted by molar-refractivity contribution is 0.660. The summed E-state index contributed by atoms with van der Waals surface area (Å²) in [7, 11) is 0. The number of fused-ring (bicyclic) bond motifs is 11. The van der Waals surface area contributed by atoms with Gasteiger partial charge >= 0.3 is 0 Å². The maximum absolute atomic E-state index is 5.40. The molecule has 0 unspecified atom stereocenters. The van der Waals surface area contributed by atoms with E-state index in [1.165, 1.54) is 64.8 Å². The number of hydrogen-bond acceptors (Lipinski definition) is 4. The van der Waals surface area contributed by atoms with Crippen LogP contribution in [-0.4, -0.2) is 19.5 Å². The molecular formula is C52H34N4S. The van der Waals surface area contributed by atoms with Crippen molar-refractivity contribution >= 4 is 64.1 Å². The molecule has 57 heavy (non-hydrogen) atoms. The van der Waals surface area contributed by atoms with Crippen LogP contribution in [0.1, 0.15) is 25.0 Å². The topological polar surface area (TPSA) is 43.6 Å². The van der Waals surface area contributed by atoms with Gasteiger partial charge in [0.05, 0.1) is 11.0 Å². The average molecular weight is 747 g/mol. The van der Waals surface area contributed by atoms with Crippen molar-refractivity contribution in [1.29, 1.82) is 0 Å². The summed E-state index contributed by atoms with van der Waals surface area (Å²) in [6.45, 7) is 4.63. The lowest BCUT2D eigenvalue weighted by atomic mass is 9.82. The van der Waals surface area contributed by atoms with Crippen molar-refractivity contribution in [1.82, 2.24) is 19.5 Å². The number of benzene rings is 8. The molecule has 0 N–H and O–H groups in total. The van der Waals surface area contributed by atoms with E-state index >= 15 is 0 Å². The molecule has 0 bridgehead atoms.